The third kappa shape index (κ3) is 5.37. The van der Waals surface area contributed by atoms with Crippen LogP contribution in [0.3, 0.4) is 0 Å². The Morgan fingerprint density at radius 1 is 1.24 bits per heavy atom. The second kappa shape index (κ2) is 9.91. The lowest BCUT2D eigenvalue weighted by Gasteiger charge is -2.08. The maximum absolute atomic E-state index is 12.3. The molecule has 0 bridgehead atoms. The van der Waals surface area contributed by atoms with Crippen LogP contribution in [0.2, 0.25) is 5.02 Å². The van der Waals surface area contributed by atoms with Crippen molar-refractivity contribution in [2.75, 3.05) is 18.2 Å². The third-order valence-electron chi connectivity index (χ3n) is 4.04. The number of ether oxygens (including phenoxy) is 1. The monoisotopic (exact) mass is 450 g/mol. The molecule has 7 nitrogen and oxygen atoms in total. The van der Waals surface area contributed by atoms with Gasteiger partial charge in [-0.3, -0.25) is 4.79 Å². The van der Waals surface area contributed by atoms with E-state index in [9.17, 15) is 9.59 Å². The third-order valence-corrected chi connectivity index (χ3v) is 6.09. The van der Waals surface area contributed by atoms with E-state index in [1.807, 2.05) is 35.8 Å². The molecule has 10 heteroatoms. The molecule has 3 rings (SSSR count). The van der Waals surface area contributed by atoms with E-state index >= 15 is 0 Å². The number of hydrogen-bond donors (Lipinski definition) is 1. The molecule has 0 unspecified atom stereocenters. The lowest BCUT2D eigenvalue weighted by atomic mass is 10.1. The van der Waals surface area contributed by atoms with Gasteiger partial charge in [-0.2, -0.15) is 0 Å². The largest absolute Gasteiger partial charge is 0.465 e. The summed E-state index contributed by atoms with van der Waals surface area (Å²) in [5.41, 5.74) is 1.43. The molecular formula is C19H19ClN4O3S2. The van der Waals surface area contributed by atoms with Crippen LogP contribution in [0, 0.1) is 0 Å². The van der Waals surface area contributed by atoms with E-state index < -0.39 is 5.97 Å². The van der Waals surface area contributed by atoms with Crippen molar-refractivity contribution >= 4 is 51.6 Å². The van der Waals surface area contributed by atoms with Crippen molar-refractivity contribution < 1.29 is 14.3 Å². The number of aromatic nitrogens is 3. The first-order chi connectivity index (χ1) is 14.0. The molecule has 1 N–H and O–H groups in total. The quantitative estimate of drug-likeness (QED) is 0.410. The van der Waals surface area contributed by atoms with E-state index in [4.69, 9.17) is 16.3 Å². The van der Waals surface area contributed by atoms with Crippen LogP contribution in [0.25, 0.3) is 0 Å². The Kier molecular flexibility index (Phi) is 7.29. The van der Waals surface area contributed by atoms with Gasteiger partial charge in [0.25, 0.3) is 0 Å². The molecule has 0 spiro atoms. The molecule has 0 saturated heterocycles. The average molecular weight is 451 g/mol. The number of amides is 1. The van der Waals surface area contributed by atoms with Gasteiger partial charge in [-0.25, -0.2) is 4.79 Å². The average Bonchev–Trinajstić information content (AvgIpc) is 3.34. The smallest absolute Gasteiger partial charge is 0.340 e. The van der Waals surface area contributed by atoms with Crippen molar-refractivity contribution in [3.63, 3.8) is 0 Å². The van der Waals surface area contributed by atoms with Gasteiger partial charge in [0, 0.05) is 18.0 Å². The number of carbonyl (C=O) groups is 2. The van der Waals surface area contributed by atoms with Crippen LogP contribution in [0.1, 0.15) is 28.7 Å². The molecule has 29 heavy (non-hydrogen) atoms. The molecule has 1 amide bonds. The van der Waals surface area contributed by atoms with Gasteiger partial charge in [-0.1, -0.05) is 35.5 Å². The van der Waals surface area contributed by atoms with E-state index in [2.05, 4.69) is 15.5 Å². The zero-order valence-electron chi connectivity index (χ0n) is 15.8. The lowest BCUT2D eigenvalue weighted by molar-refractivity contribution is -0.113. The van der Waals surface area contributed by atoms with E-state index in [0.29, 0.717) is 33.7 Å². The number of thioether (sulfide) groups is 1. The number of carbonyl (C=O) groups excluding carboxylic acids is 2. The summed E-state index contributed by atoms with van der Waals surface area (Å²) in [4.78, 5) is 24.0. The summed E-state index contributed by atoms with van der Waals surface area (Å²) >= 11 is 8.51. The van der Waals surface area contributed by atoms with Crippen molar-refractivity contribution in [1.29, 1.82) is 0 Å². The van der Waals surface area contributed by atoms with Crippen molar-refractivity contribution in [1.82, 2.24) is 14.8 Å². The van der Waals surface area contributed by atoms with Crippen LogP contribution in [-0.2, 0) is 22.5 Å². The van der Waals surface area contributed by atoms with Gasteiger partial charge in [0.05, 0.1) is 18.4 Å². The van der Waals surface area contributed by atoms with Gasteiger partial charge in [-0.05, 0) is 36.1 Å². The Morgan fingerprint density at radius 3 is 2.69 bits per heavy atom. The van der Waals surface area contributed by atoms with Crippen LogP contribution in [0.15, 0.2) is 40.9 Å². The number of rotatable bonds is 8. The zero-order valence-corrected chi connectivity index (χ0v) is 18.2. The Bertz CT molecular complexity index is 1000. The molecule has 0 aliphatic heterocycles. The van der Waals surface area contributed by atoms with Crippen LogP contribution in [0.4, 0.5) is 5.00 Å². The number of hydrogen-bond acceptors (Lipinski definition) is 7. The molecule has 0 radical (unpaired) electrons. The van der Waals surface area contributed by atoms with Crippen molar-refractivity contribution in [2.24, 2.45) is 0 Å². The number of thiophene rings is 1. The Hall–Kier alpha value is -2.36. The summed E-state index contributed by atoms with van der Waals surface area (Å²) in [6, 6.07) is 9.22. The van der Waals surface area contributed by atoms with Gasteiger partial charge in [0.15, 0.2) is 5.16 Å². The molecule has 152 valence electrons. The number of anilines is 1. The maximum atomic E-state index is 12.3. The van der Waals surface area contributed by atoms with Gasteiger partial charge in [0.1, 0.15) is 10.8 Å². The van der Waals surface area contributed by atoms with E-state index in [0.717, 1.165) is 11.4 Å². The van der Waals surface area contributed by atoms with Crippen molar-refractivity contribution in [3.8, 4) is 0 Å². The maximum Gasteiger partial charge on any atom is 0.340 e. The first-order valence-corrected chi connectivity index (χ1v) is 11.0. The summed E-state index contributed by atoms with van der Waals surface area (Å²) in [7, 11) is 1.31. The number of halogens is 1. The predicted molar refractivity (Wildman–Crippen MR) is 115 cm³/mol. The van der Waals surface area contributed by atoms with Crippen LogP contribution < -0.4 is 5.32 Å². The number of esters is 1. The number of nitrogens with zero attached hydrogens (tertiary/aromatic N) is 3. The SMILES string of the molecule is CCn1c(Cc2ccc(Cl)cc2)nnc1SCC(=O)Nc1sccc1C(=O)OC. The van der Waals surface area contributed by atoms with Crippen LogP contribution in [-0.4, -0.2) is 39.5 Å². The normalized spacial score (nSPS) is 10.7. The fourth-order valence-electron chi connectivity index (χ4n) is 2.63. The van der Waals surface area contributed by atoms with Gasteiger partial charge in [0.2, 0.25) is 5.91 Å². The van der Waals surface area contributed by atoms with Crippen molar-refractivity contribution in [3.05, 3.63) is 57.7 Å². The molecule has 0 saturated carbocycles. The standard InChI is InChI=1S/C19H19ClN4O3S2/c1-3-24-15(10-12-4-6-13(20)7-5-12)22-23-19(24)29-11-16(25)21-17-14(8-9-28-17)18(26)27-2/h4-9H,3,10-11H2,1-2H3,(H,21,25). The molecule has 2 heterocycles. The van der Waals surface area contributed by atoms with Crippen LogP contribution >= 0.6 is 34.7 Å². The van der Waals surface area contributed by atoms with E-state index in [1.165, 1.54) is 30.2 Å². The second-order valence-corrected chi connectivity index (χ2v) is 8.23. The Balaban J connectivity index is 1.62. The first-order valence-electron chi connectivity index (χ1n) is 8.76. The topological polar surface area (TPSA) is 86.1 Å². The summed E-state index contributed by atoms with van der Waals surface area (Å²) in [6.45, 7) is 2.70. The zero-order chi connectivity index (χ0) is 20.8. The highest BCUT2D eigenvalue weighted by molar-refractivity contribution is 7.99. The second-order valence-electron chi connectivity index (χ2n) is 5.94. The van der Waals surface area contributed by atoms with E-state index in [1.54, 1.807) is 11.4 Å². The molecule has 0 aliphatic rings. The minimum Gasteiger partial charge on any atom is -0.465 e. The minimum atomic E-state index is -0.480. The lowest BCUT2D eigenvalue weighted by Crippen LogP contribution is -2.16. The Morgan fingerprint density at radius 2 is 2.00 bits per heavy atom. The fraction of sp³-hybridized carbons (Fsp3) is 0.263. The highest BCUT2D eigenvalue weighted by atomic mass is 35.5. The summed E-state index contributed by atoms with van der Waals surface area (Å²) in [5.74, 6) is 0.265. The van der Waals surface area contributed by atoms with E-state index in [-0.39, 0.29) is 11.7 Å². The number of methoxy groups -OCH3 is 1. The predicted octanol–water partition coefficient (Wildman–Crippen LogP) is 4.12. The highest BCUT2D eigenvalue weighted by Gasteiger charge is 2.17. The van der Waals surface area contributed by atoms with Gasteiger partial charge < -0.3 is 14.6 Å². The highest BCUT2D eigenvalue weighted by Crippen LogP contribution is 2.25. The molecule has 3 aromatic rings. The molecule has 0 atom stereocenters. The molecule has 0 aliphatic carbocycles. The molecule has 0 fully saturated rings. The fourth-order valence-corrected chi connectivity index (χ4v) is 4.37. The summed E-state index contributed by atoms with van der Waals surface area (Å²) < 4.78 is 6.70. The van der Waals surface area contributed by atoms with Gasteiger partial charge in [-0.15, -0.1) is 21.5 Å². The number of benzene rings is 1. The van der Waals surface area contributed by atoms with Crippen LogP contribution in [0.5, 0.6) is 0 Å². The minimum absolute atomic E-state index is 0.150. The summed E-state index contributed by atoms with van der Waals surface area (Å²) in [5, 5.41) is 14.8. The molecule has 1 aromatic carbocycles. The molecule has 2 aromatic heterocycles. The Labute approximate surface area is 181 Å². The molecular weight excluding hydrogens is 432 g/mol. The first kappa shape index (κ1) is 21.4. The van der Waals surface area contributed by atoms with Gasteiger partial charge >= 0.3 is 5.97 Å². The summed E-state index contributed by atoms with van der Waals surface area (Å²) in [6.07, 6.45) is 0.627. The number of nitrogens with one attached hydrogen (secondary N) is 1. The van der Waals surface area contributed by atoms with Crippen molar-refractivity contribution in [2.45, 2.75) is 25.0 Å².